The number of benzene rings is 2. The van der Waals surface area contributed by atoms with Crippen LogP contribution in [0.3, 0.4) is 0 Å². The molecule has 8 heteroatoms. The quantitative estimate of drug-likeness (QED) is 0.531. The van der Waals surface area contributed by atoms with E-state index in [0.29, 0.717) is 28.2 Å². The predicted octanol–water partition coefficient (Wildman–Crippen LogP) is 3.98. The van der Waals surface area contributed by atoms with Gasteiger partial charge in [0.05, 0.1) is 23.1 Å². The number of imide groups is 1. The summed E-state index contributed by atoms with van der Waals surface area (Å²) in [6.07, 6.45) is 3.03. The van der Waals surface area contributed by atoms with E-state index in [1.54, 1.807) is 30.3 Å². The number of carbonyl (C=O) groups is 4. The first-order valence-electron chi connectivity index (χ1n) is 11.0. The molecule has 2 saturated carbocycles. The Hall–Kier alpha value is -3.19. The number of nitrogens with zero attached hydrogens (tertiary/aromatic N) is 1. The summed E-state index contributed by atoms with van der Waals surface area (Å²) in [6.45, 7) is 1.40. The molecule has 2 aliphatic carbocycles. The van der Waals surface area contributed by atoms with E-state index in [2.05, 4.69) is 5.32 Å². The summed E-state index contributed by atoms with van der Waals surface area (Å²) in [5.41, 5.74) is 2.08. The number of anilines is 2. The molecule has 0 aromatic heterocycles. The fraction of sp³-hybridized carbons (Fsp3) is 0.360. The van der Waals surface area contributed by atoms with Crippen molar-refractivity contribution in [2.24, 2.45) is 23.7 Å². The summed E-state index contributed by atoms with van der Waals surface area (Å²) in [5.74, 6) is -1.16. The van der Waals surface area contributed by atoms with E-state index < -0.39 is 18.5 Å². The molecule has 170 valence electrons. The molecule has 2 bridgehead atoms. The lowest BCUT2D eigenvalue weighted by Crippen LogP contribution is -2.32. The van der Waals surface area contributed by atoms with Crippen LogP contribution in [0.2, 0.25) is 5.02 Å². The van der Waals surface area contributed by atoms with Crippen LogP contribution in [0.5, 0.6) is 0 Å². The second-order valence-corrected chi connectivity index (χ2v) is 9.44. The Morgan fingerprint density at radius 1 is 1.03 bits per heavy atom. The minimum Gasteiger partial charge on any atom is -0.452 e. The maximum Gasteiger partial charge on any atom is 0.338 e. The van der Waals surface area contributed by atoms with Crippen molar-refractivity contribution < 1.29 is 23.9 Å². The van der Waals surface area contributed by atoms with Gasteiger partial charge in [-0.05, 0) is 80.0 Å². The highest BCUT2D eigenvalue weighted by Gasteiger charge is 2.61. The minimum absolute atomic E-state index is 0.125. The maximum absolute atomic E-state index is 12.9. The number of halogens is 1. The molecule has 3 aliphatic rings. The van der Waals surface area contributed by atoms with Crippen LogP contribution in [-0.4, -0.2) is 30.3 Å². The molecular weight excluding hydrogens is 444 g/mol. The molecule has 7 nitrogen and oxygen atoms in total. The van der Waals surface area contributed by atoms with Crippen molar-refractivity contribution in [2.45, 2.75) is 26.2 Å². The van der Waals surface area contributed by atoms with Crippen LogP contribution < -0.4 is 10.2 Å². The van der Waals surface area contributed by atoms with Gasteiger partial charge < -0.3 is 10.1 Å². The number of nitrogens with one attached hydrogen (secondary N) is 1. The van der Waals surface area contributed by atoms with Crippen LogP contribution in [-0.2, 0) is 19.1 Å². The Kier molecular flexibility index (Phi) is 5.44. The van der Waals surface area contributed by atoms with E-state index in [-0.39, 0.29) is 29.2 Å². The standard InChI is InChI=1S/C25H23ClN2O5/c1-13-2-7-17(11-19(13)26)27-20(29)12-33-25(32)14-5-8-18(9-6-14)28-23(30)21-15-3-4-16(10-15)22(21)24(28)31/h2,5-9,11,15-16,21-22H,3-4,10,12H2,1H3,(H,27,29)/t15-,16-,21-,22-/m0/s1. The zero-order valence-electron chi connectivity index (χ0n) is 18.0. The zero-order valence-corrected chi connectivity index (χ0v) is 18.8. The third-order valence-electron chi connectivity index (χ3n) is 7.08. The first-order valence-corrected chi connectivity index (χ1v) is 11.4. The molecule has 3 amide bonds. The summed E-state index contributed by atoms with van der Waals surface area (Å²) in [4.78, 5) is 51.6. The molecule has 1 saturated heterocycles. The van der Waals surface area contributed by atoms with Crippen molar-refractivity contribution >= 4 is 46.7 Å². The molecule has 0 radical (unpaired) electrons. The lowest BCUT2D eigenvalue weighted by atomic mass is 9.81. The molecule has 1 heterocycles. The number of fused-ring (bicyclic) bond motifs is 5. The molecule has 0 spiro atoms. The molecule has 0 unspecified atom stereocenters. The lowest BCUT2D eigenvalue weighted by Gasteiger charge is -2.19. The number of hydrogen-bond donors (Lipinski definition) is 1. The predicted molar refractivity (Wildman–Crippen MR) is 122 cm³/mol. The molecular formula is C25H23ClN2O5. The average Bonchev–Trinajstić information content (AvgIpc) is 3.48. The Labute approximate surface area is 196 Å². The zero-order chi connectivity index (χ0) is 23.3. The monoisotopic (exact) mass is 466 g/mol. The summed E-state index contributed by atoms with van der Waals surface area (Å²) >= 11 is 6.05. The Morgan fingerprint density at radius 2 is 1.67 bits per heavy atom. The first kappa shape index (κ1) is 21.6. The second kappa shape index (κ2) is 8.30. The Balaban J connectivity index is 1.19. The van der Waals surface area contributed by atoms with Crippen LogP contribution in [0.15, 0.2) is 42.5 Å². The maximum atomic E-state index is 12.9. The average molecular weight is 467 g/mol. The van der Waals surface area contributed by atoms with Crippen molar-refractivity contribution in [2.75, 3.05) is 16.8 Å². The van der Waals surface area contributed by atoms with Crippen LogP contribution in [0, 0.1) is 30.6 Å². The molecule has 2 aromatic rings. The third kappa shape index (κ3) is 3.80. The van der Waals surface area contributed by atoms with Gasteiger partial charge >= 0.3 is 5.97 Å². The van der Waals surface area contributed by atoms with Gasteiger partial charge in [-0.3, -0.25) is 19.3 Å². The van der Waals surface area contributed by atoms with E-state index in [4.69, 9.17) is 16.3 Å². The van der Waals surface area contributed by atoms with Crippen LogP contribution in [0.25, 0.3) is 0 Å². The summed E-state index contributed by atoms with van der Waals surface area (Å²) in [6, 6.07) is 11.3. The van der Waals surface area contributed by atoms with Gasteiger partial charge in [-0.2, -0.15) is 0 Å². The molecule has 5 rings (SSSR count). The number of esters is 1. The fourth-order valence-electron chi connectivity index (χ4n) is 5.49. The van der Waals surface area contributed by atoms with Crippen LogP contribution in [0.4, 0.5) is 11.4 Å². The van der Waals surface area contributed by atoms with E-state index in [1.165, 1.54) is 17.0 Å². The van der Waals surface area contributed by atoms with Gasteiger partial charge in [0.25, 0.3) is 5.91 Å². The lowest BCUT2D eigenvalue weighted by molar-refractivity contribution is -0.123. The minimum atomic E-state index is -0.673. The molecule has 33 heavy (non-hydrogen) atoms. The summed E-state index contributed by atoms with van der Waals surface area (Å²) in [5, 5.41) is 3.15. The van der Waals surface area contributed by atoms with Crippen molar-refractivity contribution in [1.29, 1.82) is 0 Å². The highest BCUT2D eigenvalue weighted by atomic mass is 35.5. The number of carbonyl (C=O) groups excluding carboxylic acids is 4. The van der Waals surface area contributed by atoms with Gasteiger partial charge in [-0.1, -0.05) is 17.7 Å². The number of aryl methyl sites for hydroxylation is 1. The topological polar surface area (TPSA) is 92.8 Å². The summed E-state index contributed by atoms with van der Waals surface area (Å²) in [7, 11) is 0. The van der Waals surface area contributed by atoms with Crippen molar-refractivity contribution in [1.82, 2.24) is 0 Å². The molecule has 4 atom stereocenters. The van der Waals surface area contributed by atoms with Gasteiger partial charge in [0.2, 0.25) is 11.8 Å². The Morgan fingerprint density at radius 3 is 2.27 bits per heavy atom. The van der Waals surface area contributed by atoms with Gasteiger partial charge in [-0.25, -0.2) is 4.79 Å². The molecule has 2 aromatic carbocycles. The highest BCUT2D eigenvalue weighted by molar-refractivity contribution is 6.31. The fourth-order valence-corrected chi connectivity index (χ4v) is 5.67. The summed E-state index contributed by atoms with van der Waals surface area (Å²) < 4.78 is 5.09. The number of ether oxygens (including phenoxy) is 1. The number of amides is 3. The van der Waals surface area contributed by atoms with Gasteiger partial charge in [0.1, 0.15) is 0 Å². The van der Waals surface area contributed by atoms with Crippen LogP contribution in [0.1, 0.15) is 35.2 Å². The van der Waals surface area contributed by atoms with Gasteiger partial charge in [0.15, 0.2) is 6.61 Å². The van der Waals surface area contributed by atoms with E-state index in [1.807, 2.05) is 6.92 Å². The SMILES string of the molecule is Cc1ccc(NC(=O)COC(=O)c2ccc(N3C(=O)[C@H]4[C@H]5CC[C@@H](C5)[C@@H]4C3=O)cc2)cc1Cl. The normalized spacial score (nSPS) is 25.3. The molecule has 3 fully saturated rings. The number of rotatable bonds is 5. The van der Waals surface area contributed by atoms with Gasteiger partial charge in [-0.15, -0.1) is 0 Å². The van der Waals surface area contributed by atoms with E-state index in [0.717, 1.165) is 24.8 Å². The molecule has 1 aliphatic heterocycles. The van der Waals surface area contributed by atoms with Crippen molar-refractivity contribution in [3.63, 3.8) is 0 Å². The van der Waals surface area contributed by atoms with Gasteiger partial charge in [0, 0.05) is 10.7 Å². The Bertz CT molecular complexity index is 1130. The number of hydrogen-bond acceptors (Lipinski definition) is 5. The second-order valence-electron chi connectivity index (χ2n) is 9.03. The van der Waals surface area contributed by atoms with Crippen LogP contribution >= 0.6 is 11.6 Å². The van der Waals surface area contributed by atoms with E-state index >= 15 is 0 Å². The van der Waals surface area contributed by atoms with Crippen molar-refractivity contribution in [3.05, 3.63) is 58.6 Å². The van der Waals surface area contributed by atoms with E-state index in [9.17, 15) is 19.2 Å². The smallest absolute Gasteiger partial charge is 0.338 e. The third-order valence-corrected chi connectivity index (χ3v) is 7.49. The molecule has 1 N–H and O–H groups in total. The van der Waals surface area contributed by atoms with Crippen molar-refractivity contribution in [3.8, 4) is 0 Å². The first-order chi connectivity index (χ1) is 15.8. The largest absolute Gasteiger partial charge is 0.452 e. The highest BCUT2D eigenvalue weighted by Crippen LogP contribution is 2.56.